The number of phenols is 1. The number of anilines is 1. The molecule has 0 fully saturated rings. The maximum absolute atomic E-state index is 11.8. The summed E-state index contributed by atoms with van der Waals surface area (Å²) in [4.78, 5) is 23.5. The van der Waals surface area contributed by atoms with Crippen molar-refractivity contribution in [2.45, 2.75) is 13.8 Å². The number of hydrogen-bond acceptors (Lipinski definition) is 4. The zero-order chi connectivity index (χ0) is 16.8. The molecule has 118 valence electrons. The molecule has 0 spiro atoms. The minimum absolute atomic E-state index is 0.142. The molecule has 0 saturated heterocycles. The van der Waals surface area contributed by atoms with Crippen molar-refractivity contribution >= 4 is 23.2 Å². The van der Waals surface area contributed by atoms with Crippen LogP contribution in [0.5, 0.6) is 5.75 Å². The largest absolute Gasteiger partial charge is 0.508 e. The van der Waals surface area contributed by atoms with E-state index in [-0.39, 0.29) is 5.75 Å². The number of hydrogen-bond donors (Lipinski definition) is 3. The monoisotopic (exact) mass is 311 g/mol. The van der Waals surface area contributed by atoms with Crippen LogP contribution in [0.1, 0.15) is 18.1 Å². The van der Waals surface area contributed by atoms with E-state index in [0.29, 0.717) is 11.4 Å². The molecule has 0 aliphatic carbocycles. The van der Waals surface area contributed by atoms with Crippen LogP contribution in [0.25, 0.3) is 0 Å². The lowest BCUT2D eigenvalue weighted by Crippen LogP contribution is -2.32. The summed E-state index contributed by atoms with van der Waals surface area (Å²) < 4.78 is 0. The second-order valence-electron chi connectivity index (χ2n) is 5.01. The Balaban J connectivity index is 1.95. The van der Waals surface area contributed by atoms with Gasteiger partial charge in [0.1, 0.15) is 5.75 Å². The summed E-state index contributed by atoms with van der Waals surface area (Å²) in [5, 5.41) is 15.6. The van der Waals surface area contributed by atoms with E-state index in [2.05, 4.69) is 15.8 Å². The van der Waals surface area contributed by atoms with Crippen LogP contribution in [0.4, 0.5) is 5.69 Å². The molecule has 6 nitrogen and oxygen atoms in total. The second-order valence-corrected chi connectivity index (χ2v) is 5.01. The lowest BCUT2D eigenvalue weighted by molar-refractivity contribution is -0.136. The molecule has 0 heterocycles. The Morgan fingerprint density at radius 2 is 1.57 bits per heavy atom. The fourth-order valence-electron chi connectivity index (χ4n) is 1.78. The summed E-state index contributed by atoms with van der Waals surface area (Å²) in [5.74, 6) is -1.51. The molecular weight excluding hydrogens is 294 g/mol. The van der Waals surface area contributed by atoms with Crippen LogP contribution in [0.2, 0.25) is 0 Å². The van der Waals surface area contributed by atoms with Crippen molar-refractivity contribution in [2.75, 3.05) is 5.32 Å². The van der Waals surface area contributed by atoms with E-state index >= 15 is 0 Å². The number of nitrogens with zero attached hydrogens (tertiary/aromatic N) is 1. The number of benzene rings is 2. The lowest BCUT2D eigenvalue weighted by Gasteiger charge is -2.05. The Bertz CT molecular complexity index is 735. The molecule has 0 saturated carbocycles. The lowest BCUT2D eigenvalue weighted by atomic mass is 10.1. The van der Waals surface area contributed by atoms with Crippen LogP contribution < -0.4 is 10.7 Å². The van der Waals surface area contributed by atoms with Gasteiger partial charge in [-0.15, -0.1) is 0 Å². The molecule has 2 rings (SSSR count). The van der Waals surface area contributed by atoms with Gasteiger partial charge in [-0.1, -0.05) is 17.7 Å². The third-order valence-corrected chi connectivity index (χ3v) is 3.13. The van der Waals surface area contributed by atoms with Gasteiger partial charge < -0.3 is 10.4 Å². The van der Waals surface area contributed by atoms with Crippen molar-refractivity contribution < 1.29 is 14.7 Å². The summed E-state index contributed by atoms with van der Waals surface area (Å²) in [6, 6.07) is 13.4. The van der Waals surface area contributed by atoms with E-state index in [1.165, 1.54) is 12.1 Å². The third-order valence-electron chi connectivity index (χ3n) is 3.13. The molecule has 0 radical (unpaired) electrons. The third kappa shape index (κ3) is 4.67. The van der Waals surface area contributed by atoms with Crippen molar-refractivity contribution in [3.63, 3.8) is 0 Å². The summed E-state index contributed by atoms with van der Waals surface area (Å²) in [6.07, 6.45) is 0. The van der Waals surface area contributed by atoms with Gasteiger partial charge in [0.05, 0.1) is 5.71 Å². The van der Waals surface area contributed by atoms with Crippen LogP contribution in [0.15, 0.2) is 53.6 Å². The van der Waals surface area contributed by atoms with Gasteiger partial charge in [-0.25, -0.2) is 5.43 Å². The van der Waals surface area contributed by atoms with Crippen LogP contribution in [0.3, 0.4) is 0 Å². The standard InChI is InChI=1S/C17H17N3O3/c1-11-3-7-14(8-4-11)18-16(22)17(23)20-19-12(2)13-5-9-15(21)10-6-13/h3-10,21H,1-2H3,(H,18,22)(H,20,23)/b19-12+. The molecule has 0 aliphatic rings. The van der Waals surface area contributed by atoms with E-state index in [0.717, 1.165) is 11.1 Å². The average molecular weight is 311 g/mol. The number of carbonyl (C=O) groups is 2. The summed E-state index contributed by atoms with van der Waals surface area (Å²) in [7, 11) is 0. The van der Waals surface area contributed by atoms with Gasteiger partial charge in [-0.2, -0.15) is 5.10 Å². The molecule has 0 aliphatic heterocycles. The van der Waals surface area contributed by atoms with Crippen LogP contribution in [0, 0.1) is 6.92 Å². The van der Waals surface area contributed by atoms with Crippen LogP contribution in [-0.4, -0.2) is 22.6 Å². The van der Waals surface area contributed by atoms with E-state index < -0.39 is 11.8 Å². The molecular formula is C17H17N3O3. The number of nitrogens with one attached hydrogen (secondary N) is 2. The number of hydrazone groups is 1. The molecule has 6 heteroatoms. The molecule has 2 amide bonds. The molecule has 0 unspecified atom stereocenters. The van der Waals surface area contributed by atoms with Crippen LogP contribution in [-0.2, 0) is 9.59 Å². The first-order chi connectivity index (χ1) is 11.0. The van der Waals surface area contributed by atoms with Gasteiger partial charge in [-0.3, -0.25) is 9.59 Å². The Kier molecular flexibility index (Phi) is 5.09. The van der Waals surface area contributed by atoms with Crippen molar-refractivity contribution in [3.8, 4) is 5.75 Å². The Morgan fingerprint density at radius 1 is 0.957 bits per heavy atom. The summed E-state index contributed by atoms with van der Waals surface area (Å²) in [6.45, 7) is 3.61. The highest BCUT2D eigenvalue weighted by Gasteiger charge is 2.13. The minimum Gasteiger partial charge on any atom is -0.508 e. The molecule has 23 heavy (non-hydrogen) atoms. The maximum Gasteiger partial charge on any atom is 0.329 e. The highest BCUT2D eigenvalue weighted by molar-refractivity contribution is 6.39. The maximum atomic E-state index is 11.8. The van der Waals surface area contributed by atoms with Crippen molar-refractivity contribution in [1.29, 1.82) is 0 Å². The van der Waals surface area contributed by atoms with Crippen molar-refractivity contribution in [3.05, 3.63) is 59.7 Å². The van der Waals surface area contributed by atoms with E-state index in [9.17, 15) is 14.7 Å². The first-order valence-electron chi connectivity index (χ1n) is 6.97. The minimum atomic E-state index is -0.858. The molecule has 3 N–H and O–H groups in total. The molecule has 0 bridgehead atoms. The number of amides is 2. The van der Waals surface area contributed by atoms with Gasteiger partial charge in [0.2, 0.25) is 0 Å². The number of carbonyl (C=O) groups excluding carboxylic acids is 2. The Labute approximate surface area is 133 Å². The fourth-order valence-corrected chi connectivity index (χ4v) is 1.78. The van der Waals surface area contributed by atoms with Crippen LogP contribution >= 0.6 is 0 Å². The van der Waals surface area contributed by atoms with Gasteiger partial charge in [0.15, 0.2) is 0 Å². The van der Waals surface area contributed by atoms with Gasteiger partial charge in [0.25, 0.3) is 0 Å². The number of rotatable bonds is 3. The molecule has 0 atom stereocenters. The van der Waals surface area contributed by atoms with Crippen molar-refractivity contribution in [1.82, 2.24) is 5.43 Å². The fraction of sp³-hybridized carbons (Fsp3) is 0.118. The topological polar surface area (TPSA) is 90.8 Å². The molecule has 2 aromatic carbocycles. The number of aromatic hydroxyl groups is 1. The van der Waals surface area contributed by atoms with Gasteiger partial charge in [-0.05, 0) is 55.8 Å². The normalized spacial score (nSPS) is 11.0. The zero-order valence-electron chi connectivity index (χ0n) is 12.8. The Morgan fingerprint density at radius 3 is 2.17 bits per heavy atom. The summed E-state index contributed by atoms with van der Waals surface area (Å²) in [5.41, 5.74) is 5.03. The average Bonchev–Trinajstić information content (AvgIpc) is 2.55. The molecule has 2 aromatic rings. The summed E-state index contributed by atoms with van der Waals surface area (Å²) >= 11 is 0. The first kappa shape index (κ1) is 16.2. The Hall–Kier alpha value is -3.15. The van der Waals surface area contributed by atoms with Crippen molar-refractivity contribution in [2.24, 2.45) is 5.10 Å². The van der Waals surface area contributed by atoms with E-state index in [1.54, 1.807) is 31.2 Å². The highest BCUT2D eigenvalue weighted by atomic mass is 16.3. The predicted molar refractivity (Wildman–Crippen MR) is 88.3 cm³/mol. The SMILES string of the molecule is C/C(=N\NC(=O)C(=O)Nc1ccc(C)cc1)c1ccc(O)cc1. The van der Waals surface area contributed by atoms with E-state index in [4.69, 9.17) is 0 Å². The predicted octanol–water partition coefficient (Wildman–Crippen LogP) is 2.18. The zero-order valence-corrected chi connectivity index (χ0v) is 12.8. The number of phenolic OH excluding ortho intramolecular Hbond substituents is 1. The smallest absolute Gasteiger partial charge is 0.329 e. The van der Waals surface area contributed by atoms with Gasteiger partial charge in [0, 0.05) is 5.69 Å². The van der Waals surface area contributed by atoms with E-state index in [1.807, 2.05) is 19.1 Å². The number of aryl methyl sites for hydroxylation is 1. The highest BCUT2D eigenvalue weighted by Crippen LogP contribution is 2.10. The molecule has 0 aromatic heterocycles. The quantitative estimate of drug-likeness (QED) is 0.461. The second kappa shape index (κ2) is 7.22. The van der Waals surface area contributed by atoms with Gasteiger partial charge >= 0.3 is 11.8 Å². The first-order valence-corrected chi connectivity index (χ1v) is 6.97.